The first-order chi connectivity index (χ1) is 5.68. The molecule has 1 aliphatic heterocycles. The number of hydrogen-bond acceptors (Lipinski definition) is 3. The van der Waals surface area contributed by atoms with E-state index >= 15 is 0 Å². The second-order valence-corrected chi connectivity index (χ2v) is 2.93. The zero-order valence-corrected chi connectivity index (χ0v) is 6.71. The Morgan fingerprint density at radius 1 is 1.50 bits per heavy atom. The van der Waals surface area contributed by atoms with Crippen LogP contribution in [0.4, 0.5) is 0 Å². The molecule has 1 aliphatic rings. The molecule has 62 valence electrons. The second kappa shape index (κ2) is 2.47. The predicted molar refractivity (Wildman–Crippen MR) is 41.8 cm³/mol. The summed E-state index contributed by atoms with van der Waals surface area (Å²) >= 11 is 5.66. The molecule has 4 heteroatoms. The summed E-state index contributed by atoms with van der Waals surface area (Å²) in [7, 11) is 0. The average molecular weight is 185 g/mol. The maximum atomic E-state index is 11.0. The molecule has 12 heavy (non-hydrogen) atoms. The Balaban J connectivity index is 2.60. The topological polar surface area (TPSA) is 46.5 Å². The van der Waals surface area contributed by atoms with Gasteiger partial charge in [-0.2, -0.15) is 0 Å². The number of carbonyl (C=O) groups excluding carboxylic acids is 1. The molecule has 0 spiro atoms. The third-order valence-corrected chi connectivity index (χ3v) is 1.95. The lowest BCUT2D eigenvalue weighted by atomic mass is 10.1. The third-order valence-electron chi connectivity index (χ3n) is 1.72. The molecule has 1 unspecified atom stereocenters. The number of ether oxygens (including phenoxy) is 1. The molecule has 0 saturated carbocycles. The standard InChI is InChI=1S/C8H5ClO3/c9-4-1-2-5-6(3-4)8(11)12-7(5)10/h1-3,8,11H. The maximum absolute atomic E-state index is 11.0. The van der Waals surface area contributed by atoms with E-state index in [1.165, 1.54) is 12.1 Å². The smallest absolute Gasteiger partial charge is 0.341 e. The maximum Gasteiger partial charge on any atom is 0.341 e. The van der Waals surface area contributed by atoms with Gasteiger partial charge in [-0.25, -0.2) is 4.79 Å². The van der Waals surface area contributed by atoms with Gasteiger partial charge in [-0.05, 0) is 18.2 Å². The SMILES string of the molecule is O=C1OC(O)c2cc(Cl)ccc21. The van der Waals surface area contributed by atoms with Crippen LogP contribution in [0.3, 0.4) is 0 Å². The van der Waals surface area contributed by atoms with Gasteiger partial charge in [0.2, 0.25) is 6.29 Å². The highest BCUT2D eigenvalue weighted by Crippen LogP contribution is 2.30. The molecule has 0 saturated heterocycles. The predicted octanol–water partition coefficient (Wildman–Crippen LogP) is 1.50. The number of fused-ring (bicyclic) bond motifs is 1. The van der Waals surface area contributed by atoms with E-state index in [0.29, 0.717) is 16.1 Å². The van der Waals surface area contributed by atoms with Gasteiger partial charge in [-0.1, -0.05) is 11.6 Å². The van der Waals surface area contributed by atoms with Crippen molar-refractivity contribution in [1.82, 2.24) is 0 Å². The first kappa shape index (κ1) is 7.58. The van der Waals surface area contributed by atoms with Gasteiger partial charge < -0.3 is 9.84 Å². The highest BCUT2D eigenvalue weighted by Gasteiger charge is 2.29. The van der Waals surface area contributed by atoms with Crippen molar-refractivity contribution in [2.75, 3.05) is 0 Å². The van der Waals surface area contributed by atoms with Gasteiger partial charge in [-0.15, -0.1) is 0 Å². The highest BCUT2D eigenvalue weighted by molar-refractivity contribution is 6.30. The molecule has 0 bridgehead atoms. The van der Waals surface area contributed by atoms with Gasteiger partial charge in [-0.3, -0.25) is 0 Å². The van der Waals surface area contributed by atoms with Crippen LogP contribution in [0.5, 0.6) is 0 Å². The zero-order chi connectivity index (χ0) is 8.72. The molecule has 0 amide bonds. The number of benzene rings is 1. The zero-order valence-electron chi connectivity index (χ0n) is 5.95. The van der Waals surface area contributed by atoms with Crippen molar-refractivity contribution < 1.29 is 14.6 Å². The molecule has 0 fully saturated rings. The van der Waals surface area contributed by atoms with Crippen LogP contribution in [0.25, 0.3) is 0 Å². The van der Waals surface area contributed by atoms with Gasteiger partial charge in [0.05, 0.1) is 5.56 Å². The number of hydrogen-bond donors (Lipinski definition) is 1. The fraction of sp³-hybridized carbons (Fsp3) is 0.125. The number of aliphatic hydroxyl groups is 1. The minimum absolute atomic E-state index is 0.381. The van der Waals surface area contributed by atoms with Crippen LogP contribution in [-0.2, 0) is 4.74 Å². The third kappa shape index (κ3) is 0.983. The summed E-state index contributed by atoms with van der Waals surface area (Å²) in [5.74, 6) is -0.505. The number of rotatable bonds is 0. The van der Waals surface area contributed by atoms with Crippen molar-refractivity contribution in [3.05, 3.63) is 34.3 Å². The van der Waals surface area contributed by atoms with Crippen molar-refractivity contribution in [3.63, 3.8) is 0 Å². The molecule has 2 rings (SSSR count). The lowest BCUT2D eigenvalue weighted by molar-refractivity contribution is -0.0547. The van der Waals surface area contributed by atoms with Crippen LogP contribution < -0.4 is 0 Å². The van der Waals surface area contributed by atoms with Crippen molar-refractivity contribution >= 4 is 17.6 Å². The summed E-state index contributed by atoms with van der Waals surface area (Å²) in [6.45, 7) is 0. The summed E-state index contributed by atoms with van der Waals surface area (Å²) in [5.41, 5.74) is 0.819. The van der Waals surface area contributed by atoms with Crippen LogP contribution in [0.2, 0.25) is 5.02 Å². The second-order valence-electron chi connectivity index (χ2n) is 2.49. The monoisotopic (exact) mass is 184 g/mol. The lowest BCUT2D eigenvalue weighted by Crippen LogP contribution is -1.95. The Kier molecular flexibility index (Phi) is 1.56. The summed E-state index contributed by atoms with van der Waals surface area (Å²) in [6, 6.07) is 4.64. The Morgan fingerprint density at radius 3 is 3.00 bits per heavy atom. The van der Waals surface area contributed by atoms with E-state index in [0.717, 1.165) is 0 Å². The number of carbonyl (C=O) groups is 1. The summed E-state index contributed by atoms with van der Waals surface area (Å²) in [5, 5.41) is 9.65. The molecule has 0 aliphatic carbocycles. The van der Waals surface area contributed by atoms with Gasteiger partial charge in [0.1, 0.15) is 0 Å². The Bertz CT molecular complexity index is 348. The lowest BCUT2D eigenvalue weighted by Gasteiger charge is -2.00. The molecule has 3 nitrogen and oxygen atoms in total. The van der Waals surface area contributed by atoms with E-state index in [9.17, 15) is 9.90 Å². The first-order valence-electron chi connectivity index (χ1n) is 3.37. The minimum Gasteiger partial charge on any atom is -0.428 e. The van der Waals surface area contributed by atoms with Crippen molar-refractivity contribution in [2.45, 2.75) is 6.29 Å². The Hall–Kier alpha value is -1.06. The van der Waals surface area contributed by atoms with E-state index in [2.05, 4.69) is 4.74 Å². The fourth-order valence-electron chi connectivity index (χ4n) is 1.15. The quantitative estimate of drug-likeness (QED) is 0.622. The molecular formula is C8H5ClO3. The van der Waals surface area contributed by atoms with E-state index in [1.54, 1.807) is 6.07 Å². The van der Waals surface area contributed by atoms with Crippen LogP contribution >= 0.6 is 11.6 Å². The molecule has 1 atom stereocenters. The molecule has 0 radical (unpaired) electrons. The number of esters is 1. The summed E-state index contributed by atoms with van der Waals surface area (Å²) in [4.78, 5) is 11.0. The molecule has 1 aromatic rings. The van der Waals surface area contributed by atoms with E-state index in [1.807, 2.05) is 0 Å². The normalized spacial score (nSPS) is 20.5. The van der Waals surface area contributed by atoms with Crippen molar-refractivity contribution in [3.8, 4) is 0 Å². The number of halogens is 1. The van der Waals surface area contributed by atoms with Gasteiger partial charge in [0.15, 0.2) is 0 Å². The largest absolute Gasteiger partial charge is 0.428 e. The first-order valence-corrected chi connectivity index (χ1v) is 3.75. The van der Waals surface area contributed by atoms with Crippen molar-refractivity contribution in [2.24, 2.45) is 0 Å². The highest BCUT2D eigenvalue weighted by atomic mass is 35.5. The van der Waals surface area contributed by atoms with Crippen LogP contribution in [0.15, 0.2) is 18.2 Å². The molecular weight excluding hydrogens is 180 g/mol. The van der Waals surface area contributed by atoms with E-state index in [-0.39, 0.29) is 0 Å². The van der Waals surface area contributed by atoms with Gasteiger partial charge >= 0.3 is 5.97 Å². The van der Waals surface area contributed by atoms with E-state index in [4.69, 9.17) is 11.6 Å². The Labute approximate surface area is 73.5 Å². The van der Waals surface area contributed by atoms with Crippen LogP contribution in [-0.4, -0.2) is 11.1 Å². The van der Waals surface area contributed by atoms with Gasteiger partial charge in [0.25, 0.3) is 0 Å². The molecule has 1 N–H and O–H groups in total. The Morgan fingerprint density at radius 2 is 2.25 bits per heavy atom. The van der Waals surface area contributed by atoms with Crippen molar-refractivity contribution in [1.29, 1.82) is 0 Å². The van der Waals surface area contributed by atoms with Gasteiger partial charge in [0, 0.05) is 10.6 Å². The molecule has 0 aromatic heterocycles. The summed E-state index contributed by atoms with van der Waals surface area (Å²) in [6.07, 6.45) is -1.16. The minimum atomic E-state index is -1.16. The van der Waals surface area contributed by atoms with E-state index < -0.39 is 12.3 Å². The number of cyclic esters (lactones) is 1. The summed E-state index contributed by atoms with van der Waals surface area (Å²) < 4.78 is 4.54. The molecule has 1 heterocycles. The van der Waals surface area contributed by atoms with Crippen LogP contribution in [0.1, 0.15) is 22.2 Å². The fourth-order valence-corrected chi connectivity index (χ4v) is 1.33. The van der Waals surface area contributed by atoms with Crippen LogP contribution in [0, 0.1) is 0 Å². The average Bonchev–Trinajstić information content (AvgIpc) is 2.28. The molecule has 1 aromatic carbocycles. The number of aliphatic hydroxyl groups excluding tert-OH is 1.